The number of rotatable bonds is 4. The van der Waals surface area contributed by atoms with E-state index >= 15 is 0 Å². The Bertz CT molecular complexity index is 331. The van der Waals surface area contributed by atoms with Crippen LogP contribution in [0.2, 0.25) is 0 Å². The number of aliphatic hydroxyl groups is 1. The first-order valence-corrected chi connectivity index (χ1v) is 4.54. The summed E-state index contributed by atoms with van der Waals surface area (Å²) in [5.41, 5.74) is 2.90. The minimum atomic E-state index is -0.993. The zero-order valence-electron chi connectivity index (χ0n) is 8.67. The zero-order chi connectivity index (χ0) is 11.4. The highest BCUT2D eigenvalue weighted by atomic mass is 19.1. The van der Waals surface area contributed by atoms with Gasteiger partial charge in [0, 0.05) is 32.3 Å². The molecule has 0 saturated carbocycles. The molecular formula is C10H14F2N2O. The van der Waals surface area contributed by atoms with Gasteiger partial charge < -0.3 is 5.11 Å². The molecule has 15 heavy (non-hydrogen) atoms. The van der Waals surface area contributed by atoms with E-state index in [1.807, 2.05) is 0 Å². The fourth-order valence-corrected chi connectivity index (χ4v) is 1.15. The van der Waals surface area contributed by atoms with Crippen molar-refractivity contribution in [2.24, 2.45) is 0 Å². The lowest BCUT2D eigenvalue weighted by molar-refractivity contribution is 0.137. The highest BCUT2D eigenvalue weighted by Gasteiger charge is 2.13. The molecule has 0 saturated heterocycles. The van der Waals surface area contributed by atoms with Crippen LogP contribution in [0.1, 0.15) is 11.7 Å². The Labute approximate surface area is 87.3 Å². The van der Waals surface area contributed by atoms with Crippen molar-refractivity contribution in [1.82, 2.24) is 10.4 Å². The van der Waals surface area contributed by atoms with Crippen molar-refractivity contribution in [3.8, 4) is 0 Å². The van der Waals surface area contributed by atoms with Gasteiger partial charge in [0.25, 0.3) is 0 Å². The average molecular weight is 216 g/mol. The zero-order valence-corrected chi connectivity index (χ0v) is 8.67. The molecular weight excluding hydrogens is 202 g/mol. The van der Waals surface area contributed by atoms with Crippen molar-refractivity contribution < 1.29 is 13.9 Å². The molecule has 1 atom stereocenters. The van der Waals surface area contributed by atoms with E-state index < -0.39 is 17.7 Å². The molecule has 0 heterocycles. The second-order valence-corrected chi connectivity index (χ2v) is 3.44. The summed E-state index contributed by atoms with van der Waals surface area (Å²) in [5.74, 6) is -1.38. The van der Waals surface area contributed by atoms with Crippen LogP contribution in [0.3, 0.4) is 0 Å². The van der Waals surface area contributed by atoms with Crippen LogP contribution in [-0.4, -0.2) is 30.8 Å². The summed E-state index contributed by atoms with van der Waals surface area (Å²) in [6, 6.07) is 3.12. The lowest BCUT2D eigenvalue weighted by Gasteiger charge is -2.16. The summed E-state index contributed by atoms with van der Waals surface area (Å²) in [6.45, 7) is 0.176. The van der Waals surface area contributed by atoms with Gasteiger partial charge in [-0.15, -0.1) is 0 Å². The van der Waals surface area contributed by atoms with E-state index in [0.29, 0.717) is 0 Å². The third-order valence-electron chi connectivity index (χ3n) is 1.92. The van der Waals surface area contributed by atoms with Gasteiger partial charge in [-0.2, -0.15) is 0 Å². The number of hydrogen-bond donors (Lipinski definition) is 2. The fourth-order valence-electron chi connectivity index (χ4n) is 1.15. The first-order chi connectivity index (χ1) is 7.00. The van der Waals surface area contributed by atoms with Crippen LogP contribution in [0.15, 0.2) is 18.2 Å². The summed E-state index contributed by atoms with van der Waals surface area (Å²) < 4.78 is 25.8. The third-order valence-corrected chi connectivity index (χ3v) is 1.92. The van der Waals surface area contributed by atoms with Crippen molar-refractivity contribution in [3.05, 3.63) is 35.4 Å². The smallest absolute Gasteiger partial charge is 0.131 e. The van der Waals surface area contributed by atoms with Gasteiger partial charge >= 0.3 is 0 Å². The molecule has 0 fully saturated rings. The molecule has 1 aromatic rings. The van der Waals surface area contributed by atoms with Crippen LogP contribution < -0.4 is 5.43 Å². The molecule has 0 aliphatic carbocycles. The maximum Gasteiger partial charge on any atom is 0.131 e. The Hall–Kier alpha value is -1.04. The number of hydrogen-bond acceptors (Lipinski definition) is 3. The summed E-state index contributed by atoms with van der Waals surface area (Å²) in [4.78, 5) is 0. The predicted octanol–water partition coefficient (Wildman–Crippen LogP) is 1.06. The van der Waals surface area contributed by atoms with Gasteiger partial charge in [-0.1, -0.05) is 6.07 Å². The topological polar surface area (TPSA) is 35.5 Å². The van der Waals surface area contributed by atoms with Crippen molar-refractivity contribution in [2.75, 3.05) is 20.6 Å². The maximum absolute atomic E-state index is 13.2. The van der Waals surface area contributed by atoms with Crippen LogP contribution in [0.25, 0.3) is 0 Å². The van der Waals surface area contributed by atoms with Gasteiger partial charge in [-0.05, 0) is 6.07 Å². The van der Waals surface area contributed by atoms with Crippen LogP contribution >= 0.6 is 0 Å². The van der Waals surface area contributed by atoms with E-state index in [1.165, 1.54) is 6.07 Å². The van der Waals surface area contributed by atoms with Crippen molar-refractivity contribution in [3.63, 3.8) is 0 Å². The Morgan fingerprint density at radius 3 is 2.60 bits per heavy atom. The first-order valence-electron chi connectivity index (χ1n) is 4.54. The summed E-state index contributed by atoms with van der Waals surface area (Å²) >= 11 is 0. The standard InChI is InChI=1S/C10H14F2N2O/c1-14(2)13-6-10(15)8-4-3-7(11)5-9(8)12/h3-5,10,13,15H,6H2,1-2H3. The van der Waals surface area contributed by atoms with Gasteiger partial charge in [-0.25, -0.2) is 8.78 Å². The van der Waals surface area contributed by atoms with Crippen molar-refractivity contribution in [1.29, 1.82) is 0 Å². The Morgan fingerprint density at radius 2 is 2.07 bits per heavy atom. The normalized spacial score (nSPS) is 13.2. The monoisotopic (exact) mass is 216 g/mol. The number of halogens is 2. The van der Waals surface area contributed by atoms with Crippen LogP contribution in [0.4, 0.5) is 8.78 Å². The molecule has 1 unspecified atom stereocenters. The molecule has 2 N–H and O–H groups in total. The molecule has 0 radical (unpaired) electrons. The van der Waals surface area contributed by atoms with E-state index in [-0.39, 0.29) is 12.1 Å². The van der Waals surface area contributed by atoms with Gasteiger partial charge in [0.15, 0.2) is 0 Å². The van der Waals surface area contributed by atoms with Crippen LogP contribution in [0.5, 0.6) is 0 Å². The highest BCUT2D eigenvalue weighted by molar-refractivity contribution is 5.21. The van der Waals surface area contributed by atoms with E-state index in [9.17, 15) is 13.9 Å². The van der Waals surface area contributed by atoms with Gasteiger partial charge in [0.05, 0.1) is 6.10 Å². The third kappa shape index (κ3) is 3.54. The van der Waals surface area contributed by atoms with Gasteiger partial charge in [0.2, 0.25) is 0 Å². The Morgan fingerprint density at radius 1 is 1.40 bits per heavy atom. The maximum atomic E-state index is 13.2. The SMILES string of the molecule is CN(C)NCC(O)c1ccc(F)cc1F. The molecule has 1 aromatic carbocycles. The van der Waals surface area contributed by atoms with Crippen LogP contribution in [-0.2, 0) is 0 Å². The molecule has 0 spiro atoms. The predicted molar refractivity (Wildman–Crippen MR) is 53.0 cm³/mol. The Balaban J connectivity index is 2.69. The van der Waals surface area contributed by atoms with E-state index in [4.69, 9.17) is 0 Å². The minimum absolute atomic E-state index is 0.0887. The van der Waals surface area contributed by atoms with E-state index in [0.717, 1.165) is 12.1 Å². The lowest BCUT2D eigenvalue weighted by Crippen LogP contribution is -2.34. The molecule has 0 amide bonds. The molecule has 1 rings (SSSR count). The number of aliphatic hydroxyl groups excluding tert-OH is 1. The lowest BCUT2D eigenvalue weighted by atomic mass is 10.1. The summed E-state index contributed by atoms with van der Waals surface area (Å²) in [5, 5.41) is 11.2. The molecule has 84 valence electrons. The number of benzene rings is 1. The average Bonchev–Trinajstić information content (AvgIpc) is 2.14. The van der Waals surface area contributed by atoms with Gasteiger partial charge in [-0.3, -0.25) is 10.4 Å². The molecule has 0 aliphatic heterocycles. The number of hydrazine groups is 1. The quantitative estimate of drug-likeness (QED) is 0.739. The molecule has 0 aliphatic rings. The molecule has 3 nitrogen and oxygen atoms in total. The van der Waals surface area contributed by atoms with Gasteiger partial charge in [0.1, 0.15) is 11.6 Å². The molecule has 0 aromatic heterocycles. The minimum Gasteiger partial charge on any atom is -0.387 e. The highest BCUT2D eigenvalue weighted by Crippen LogP contribution is 2.17. The largest absolute Gasteiger partial charge is 0.387 e. The molecule has 5 heteroatoms. The van der Waals surface area contributed by atoms with E-state index in [2.05, 4.69) is 5.43 Å². The number of nitrogens with one attached hydrogen (secondary N) is 1. The van der Waals surface area contributed by atoms with Crippen molar-refractivity contribution >= 4 is 0 Å². The van der Waals surface area contributed by atoms with Crippen molar-refractivity contribution in [2.45, 2.75) is 6.10 Å². The number of nitrogens with zero attached hydrogens (tertiary/aromatic N) is 1. The fraction of sp³-hybridized carbons (Fsp3) is 0.400. The summed E-state index contributed by atoms with van der Waals surface area (Å²) in [6.07, 6.45) is -0.993. The summed E-state index contributed by atoms with van der Waals surface area (Å²) in [7, 11) is 3.52. The van der Waals surface area contributed by atoms with Crippen LogP contribution in [0, 0.1) is 11.6 Å². The molecule has 0 bridgehead atoms. The first kappa shape index (κ1) is 12.0. The second-order valence-electron chi connectivity index (χ2n) is 3.44. The van der Waals surface area contributed by atoms with E-state index in [1.54, 1.807) is 19.1 Å². The Kier molecular flexibility index (Phi) is 4.14. The second kappa shape index (κ2) is 5.16.